The minimum absolute atomic E-state index is 0.181. The number of fused-ring (bicyclic) bond motifs is 1. The van der Waals surface area contributed by atoms with E-state index in [0.717, 1.165) is 6.20 Å². The molecule has 3 aromatic rings. The number of aromatic amines is 1. The molecule has 27 heavy (non-hydrogen) atoms. The minimum Gasteiger partial charge on any atom is -0.357 e. The molecule has 3 aromatic heterocycles. The van der Waals surface area contributed by atoms with Crippen LogP contribution in [0.5, 0.6) is 0 Å². The Bertz CT molecular complexity index is 971. The normalized spacial score (nSPS) is 12.8. The summed E-state index contributed by atoms with van der Waals surface area (Å²) >= 11 is 0. The summed E-state index contributed by atoms with van der Waals surface area (Å²) in [6.07, 6.45) is 0.934. The number of carbonyl (C=O) groups is 1. The van der Waals surface area contributed by atoms with Gasteiger partial charge < -0.3 is 15.6 Å². The standard InChI is InChI=1S/C16H14F4N6O/c1-8(15(27)24-7-16(18,19)20)25-13-6-21-5-12(26-13)11-4-23-14-10(11)2-9(17)3-22-14/h2-6,8H,7H2,1H3,(H,22,23)(H,24,27)(H,25,26)/t8-/m1/s1. The quantitative estimate of drug-likeness (QED) is 0.590. The summed E-state index contributed by atoms with van der Waals surface area (Å²) in [5, 5.41) is 4.97. The molecule has 1 atom stereocenters. The first-order chi connectivity index (χ1) is 12.7. The van der Waals surface area contributed by atoms with E-state index in [9.17, 15) is 22.4 Å². The van der Waals surface area contributed by atoms with E-state index >= 15 is 0 Å². The fourth-order valence-electron chi connectivity index (χ4n) is 2.38. The number of hydrogen-bond acceptors (Lipinski definition) is 5. The second-order valence-electron chi connectivity index (χ2n) is 5.74. The molecule has 0 aliphatic carbocycles. The highest BCUT2D eigenvalue weighted by Crippen LogP contribution is 2.27. The van der Waals surface area contributed by atoms with Gasteiger partial charge in [-0.05, 0) is 13.0 Å². The van der Waals surface area contributed by atoms with Crippen molar-refractivity contribution in [2.45, 2.75) is 19.1 Å². The van der Waals surface area contributed by atoms with Crippen LogP contribution < -0.4 is 10.6 Å². The van der Waals surface area contributed by atoms with Gasteiger partial charge in [0.1, 0.15) is 29.9 Å². The van der Waals surface area contributed by atoms with Crippen molar-refractivity contribution in [3.05, 3.63) is 36.7 Å². The monoisotopic (exact) mass is 382 g/mol. The maximum Gasteiger partial charge on any atom is 0.405 e. The van der Waals surface area contributed by atoms with Crippen molar-refractivity contribution in [3.8, 4) is 11.3 Å². The number of anilines is 1. The third kappa shape index (κ3) is 4.49. The summed E-state index contributed by atoms with van der Waals surface area (Å²) in [4.78, 5) is 26.8. The number of carbonyl (C=O) groups excluding carboxylic acids is 1. The average Bonchev–Trinajstić information content (AvgIpc) is 3.02. The number of hydrogen-bond donors (Lipinski definition) is 3. The molecule has 0 spiro atoms. The molecule has 0 saturated carbocycles. The number of nitrogens with zero attached hydrogens (tertiary/aromatic N) is 3. The zero-order valence-electron chi connectivity index (χ0n) is 13.9. The Labute approximate surface area is 150 Å². The minimum atomic E-state index is -4.49. The SMILES string of the molecule is C[C@@H](Nc1cncc(-c2c[nH]c3ncc(F)cc23)n1)C(=O)NCC(F)(F)F. The Morgan fingerprint density at radius 2 is 2.07 bits per heavy atom. The number of H-pyrrole nitrogens is 1. The summed E-state index contributed by atoms with van der Waals surface area (Å²) < 4.78 is 50.0. The second kappa shape index (κ2) is 7.17. The summed E-state index contributed by atoms with van der Waals surface area (Å²) in [5.74, 6) is -1.17. The molecule has 0 aliphatic heterocycles. The highest BCUT2D eigenvalue weighted by atomic mass is 19.4. The maximum atomic E-state index is 13.5. The molecule has 0 unspecified atom stereocenters. The van der Waals surface area contributed by atoms with Gasteiger partial charge in [-0.2, -0.15) is 13.2 Å². The van der Waals surface area contributed by atoms with E-state index in [4.69, 9.17) is 0 Å². The van der Waals surface area contributed by atoms with E-state index in [2.05, 4.69) is 25.3 Å². The Balaban J connectivity index is 1.77. The molecule has 1 amide bonds. The Morgan fingerprint density at radius 3 is 2.81 bits per heavy atom. The van der Waals surface area contributed by atoms with Crippen LogP contribution in [0.4, 0.5) is 23.4 Å². The van der Waals surface area contributed by atoms with E-state index in [0.29, 0.717) is 22.3 Å². The highest BCUT2D eigenvalue weighted by molar-refractivity contribution is 5.92. The summed E-state index contributed by atoms with van der Waals surface area (Å²) in [6.45, 7) is -0.0253. The number of alkyl halides is 3. The fourth-order valence-corrected chi connectivity index (χ4v) is 2.38. The van der Waals surface area contributed by atoms with Gasteiger partial charge >= 0.3 is 6.18 Å². The van der Waals surface area contributed by atoms with Gasteiger partial charge in [0.15, 0.2) is 0 Å². The molecule has 7 nitrogen and oxygen atoms in total. The van der Waals surface area contributed by atoms with Gasteiger partial charge in [-0.3, -0.25) is 9.78 Å². The molecule has 0 aliphatic rings. The van der Waals surface area contributed by atoms with E-state index in [-0.39, 0.29) is 5.82 Å². The van der Waals surface area contributed by atoms with Crippen molar-refractivity contribution < 1.29 is 22.4 Å². The zero-order valence-corrected chi connectivity index (χ0v) is 13.9. The molecule has 3 heterocycles. The van der Waals surface area contributed by atoms with E-state index < -0.39 is 30.5 Å². The second-order valence-corrected chi connectivity index (χ2v) is 5.74. The largest absolute Gasteiger partial charge is 0.405 e. The summed E-state index contributed by atoms with van der Waals surface area (Å²) in [5.41, 5.74) is 1.38. The van der Waals surface area contributed by atoms with Crippen LogP contribution in [0.15, 0.2) is 30.9 Å². The molecular formula is C16H14F4N6O. The van der Waals surface area contributed by atoms with Crippen LogP contribution in [0, 0.1) is 5.82 Å². The Hall–Kier alpha value is -3.24. The van der Waals surface area contributed by atoms with Gasteiger partial charge in [0, 0.05) is 17.1 Å². The van der Waals surface area contributed by atoms with Gasteiger partial charge in [0.2, 0.25) is 5.91 Å². The number of amides is 1. The average molecular weight is 382 g/mol. The van der Waals surface area contributed by atoms with Gasteiger partial charge in [-0.1, -0.05) is 0 Å². The third-order valence-electron chi connectivity index (χ3n) is 3.63. The smallest absolute Gasteiger partial charge is 0.357 e. The summed E-state index contributed by atoms with van der Waals surface area (Å²) in [7, 11) is 0. The van der Waals surface area contributed by atoms with Crippen LogP contribution >= 0.6 is 0 Å². The first-order valence-corrected chi connectivity index (χ1v) is 7.79. The Morgan fingerprint density at radius 1 is 1.30 bits per heavy atom. The number of halogens is 4. The lowest BCUT2D eigenvalue weighted by molar-refractivity contribution is -0.138. The lowest BCUT2D eigenvalue weighted by Gasteiger charge is -2.15. The van der Waals surface area contributed by atoms with Crippen molar-refractivity contribution in [2.75, 3.05) is 11.9 Å². The molecule has 0 aromatic carbocycles. The molecular weight excluding hydrogens is 368 g/mol. The van der Waals surface area contributed by atoms with Crippen LogP contribution in [0.25, 0.3) is 22.3 Å². The van der Waals surface area contributed by atoms with Crippen LogP contribution in [-0.2, 0) is 4.79 Å². The number of aromatic nitrogens is 4. The van der Waals surface area contributed by atoms with Gasteiger partial charge in [0.25, 0.3) is 0 Å². The molecule has 11 heteroatoms. The van der Waals surface area contributed by atoms with Crippen molar-refractivity contribution in [3.63, 3.8) is 0 Å². The zero-order chi connectivity index (χ0) is 19.6. The van der Waals surface area contributed by atoms with Crippen molar-refractivity contribution in [2.24, 2.45) is 0 Å². The molecule has 142 valence electrons. The van der Waals surface area contributed by atoms with Gasteiger partial charge in [0.05, 0.1) is 24.3 Å². The molecule has 3 N–H and O–H groups in total. The molecule has 0 radical (unpaired) electrons. The van der Waals surface area contributed by atoms with Crippen LogP contribution in [0.3, 0.4) is 0 Å². The van der Waals surface area contributed by atoms with Crippen LogP contribution in [-0.4, -0.2) is 44.6 Å². The summed E-state index contributed by atoms with van der Waals surface area (Å²) in [6, 6.07) is 0.322. The highest BCUT2D eigenvalue weighted by Gasteiger charge is 2.28. The third-order valence-corrected chi connectivity index (χ3v) is 3.63. The Kier molecular flexibility index (Phi) is 4.93. The lowest BCUT2D eigenvalue weighted by Crippen LogP contribution is -2.42. The fraction of sp³-hybridized carbons (Fsp3) is 0.250. The molecule has 0 saturated heterocycles. The van der Waals surface area contributed by atoms with Crippen molar-refractivity contribution >= 4 is 22.8 Å². The molecule has 3 rings (SSSR count). The predicted octanol–water partition coefficient (Wildman–Crippen LogP) is 2.64. The van der Waals surface area contributed by atoms with E-state index in [1.165, 1.54) is 25.4 Å². The first kappa shape index (κ1) is 18.5. The maximum absolute atomic E-state index is 13.5. The van der Waals surface area contributed by atoms with E-state index in [1.807, 2.05) is 0 Å². The molecule has 0 fully saturated rings. The number of nitrogens with one attached hydrogen (secondary N) is 3. The first-order valence-electron chi connectivity index (χ1n) is 7.79. The van der Waals surface area contributed by atoms with Crippen LogP contribution in [0.1, 0.15) is 6.92 Å². The van der Waals surface area contributed by atoms with Crippen molar-refractivity contribution in [1.29, 1.82) is 0 Å². The number of pyridine rings is 1. The number of rotatable bonds is 5. The van der Waals surface area contributed by atoms with E-state index in [1.54, 1.807) is 11.5 Å². The van der Waals surface area contributed by atoms with Gasteiger partial charge in [-0.15, -0.1) is 0 Å². The van der Waals surface area contributed by atoms with Gasteiger partial charge in [-0.25, -0.2) is 14.4 Å². The predicted molar refractivity (Wildman–Crippen MR) is 89.2 cm³/mol. The topological polar surface area (TPSA) is 95.6 Å². The molecule has 0 bridgehead atoms. The van der Waals surface area contributed by atoms with Crippen molar-refractivity contribution in [1.82, 2.24) is 25.3 Å². The van der Waals surface area contributed by atoms with Crippen LogP contribution in [0.2, 0.25) is 0 Å². The lowest BCUT2D eigenvalue weighted by atomic mass is 10.1.